The molecule has 1 aliphatic rings. The Balaban J connectivity index is 1.36. The molecule has 1 amide bonds. The maximum Gasteiger partial charge on any atom is 0.246 e. The van der Waals surface area contributed by atoms with Gasteiger partial charge in [0.25, 0.3) is 0 Å². The van der Waals surface area contributed by atoms with Crippen LogP contribution in [0.4, 0.5) is 0 Å². The molecule has 29 heavy (non-hydrogen) atoms. The summed E-state index contributed by atoms with van der Waals surface area (Å²) >= 11 is 0. The monoisotopic (exact) mass is 412 g/mol. The Bertz CT molecular complexity index is 1080. The van der Waals surface area contributed by atoms with E-state index in [4.69, 9.17) is 0 Å². The van der Waals surface area contributed by atoms with Crippen LogP contribution >= 0.6 is 0 Å². The Morgan fingerprint density at radius 2 is 1.52 bits per heavy atom. The van der Waals surface area contributed by atoms with E-state index in [1.165, 1.54) is 9.10 Å². The summed E-state index contributed by atoms with van der Waals surface area (Å²) in [5.74, 6) is 0.288. The number of hydrogen-bond donors (Lipinski definition) is 0. The molecule has 1 saturated heterocycles. The molecule has 0 bridgehead atoms. The molecule has 2 heterocycles. The molecule has 0 saturated carbocycles. The van der Waals surface area contributed by atoms with Gasteiger partial charge in [-0.2, -0.15) is 9.10 Å². The predicted octanol–water partition coefficient (Wildman–Crippen LogP) is 0.873. The molecule has 10 heteroatoms. The fourth-order valence-electron chi connectivity index (χ4n) is 3.15. The summed E-state index contributed by atoms with van der Waals surface area (Å²) in [5.41, 5.74) is 0.825. The highest BCUT2D eigenvalue weighted by atomic mass is 32.2. The topological polar surface area (TPSA) is 101 Å². The van der Waals surface area contributed by atoms with E-state index >= 15 is 0 Å². The van der Waals surface area contributed by atoms with E-state index in [9.17, 15) is 13.2 Å². The maximum atomic E-state index is 12.7. The average Bonchev–Trinajstić information content (AvgIpc) is 3.23. The minimum absolute atomic E-state index is 0.0364. The summed E-state index contributed by atoms with van der Waals surface area (Å²) in [6.45, 7) is 1.12. The predicted molar refractivity (Wildman–Crippen MR) is 105 cm³/mol. The van der Waals surface area contributed by atoms with Crippen molar-refractivity contribution in [3.8, 4) is 11.4 Å². The minimum atomic E-state index is -3.54. The second-order valence-corrected chi connectivity index (χ2v) is 8.55. The molecule has 1 aliphatic heterocycles. The van der Waals surface area contributed by atoms with E-state index < -0.39 is 10.0 Å². The number of aromatic nitrogens is 4. The van der Waals surface area contributed by atoms with Crippen molar-refractivity contribution in [2.75, 3.05) is 26.2 Å². The largest absolute Gasteiger partial charge is 0.338 e. The summed E-state index contributed by atoms with van der Waals surface area (Å²) in [6.07, 6.45) is 0. The van der Waals surface area contributed by atoms with Crippen LogP contribution in [0.5, 0.6) is 0 Å². The minimum Gasteiger partial charge on any atom is -0.338 e. The molecular formula is C19H20N6O3S. The van der Waals surface area contributed by atoms with Crippen LogP contribution < -0.4 is 0 Å². The lowest BCUT2D eigenvalue weighted by molar-refractivity contribution is -0.133. The van der Waals surface area contributed by atoms with Gasteiger partial charge in [0, 0.05) is 31.7 Å². The molecule has 0 atom stereocenters. The Hall–Kier alpha value is -3.11. The quantitative estimate of drug-likeness (QED) is 0.616. The highest BCUT2D eigenvalue weighted by Gasteiger charge is 2.30. The van der Waals surface area contributed by atoms with Crippen molar-refractivity contribution >= 4 is 15.9 Å². The Labute approximate surface area is 168 Å². The van der Waals surface area contributed by atoms with E-state index in [-0.39, 0.29) is 30.4 Å². The standard InChI is InChI=1S/C19H20N6O3S/c26-18(15-25-21-19(20-22-25)16-7-3-1-4-8-16)23-11-13-24(14-12-23)29(27,28)17-9-5-2-6-10-17/h1-10H,11-15H2. The molecule has 0 radical (unpaired) electrons. The molecule has 150 valence electrons. The Kier molecular flexibility index (Phi) is 5.36. The van der Waals surface area contributed by atoms with Gasteiger partial charge in [0.15, 0.2) is 0 Å². The van der Waals surface area contributed by atoms with Crippen LogP contribution in [0.3, 0.4) is 0 Å². The zero-order valence-corrected chi connectivity index (χ0v) is 16.4. The van der Waals surface area contributed by atoms with Gasteiger partial charge in [0.1, 0.15) is 6.54 Å². The van der Waals surface area contributed by atoms with E-state index in [2.05, 4.69) is 15.4 Å². The first-order valence-corrected chi connectivity index (χ1v) is 10.6. The normalized spacial score (nSPS) is 15.4. The van der Waals surface area contributed by atoms with Gasteiger partial charge in [-0.3, -0.25) is 4.79 Å². The first-order chi connectivity index (χ1) is 14.0. The van der Waals surface area contributed by atoms with Crippen molar-refractivity contribution < 1.29 is 13.2 Å². The number of carbonyl (C=O) groups is 1. The average molecular weight is 412 g/mol. The summed E-state index contributed by atoms with van der Waals surface area (Å²) in [5, 5.41) is 12.2. The number of amides is 1. The van der Waals surface area contributed by atoms with Crippen molar-refractivity contribution in [1.29, 1.82) is 0 Å². The Morgan fingerprint density at radius 1 is 0.897 bits per heavy atom. The molecular weight excluding hydrogens is 392 g/mol. The molecule has 0 unspecified atom stereocenters. The number of nitrogens with zero attached hydrogens (tertiary/aromatic N) is 6. The van der Waals surface area contributed by atoms with E-state index in [1.807, 2.05) is 30.3 Å². The van der Waals surface area contributed by atoms with Crippen LogP contribution in [-0.4, -0.2) is 69.9 Å². The first-order valence-electron chi connectivity index (χ1n) is 9.20. The number of hydrogen-bond acceptors (Lipinski definition) is 6. The Morgan fingerprint density at radius 3 is 2.17 bits per heavy atom. The maximum absolute atomic E-state index is 12.7. The molecule has 0 N–H and O–H groups in total. The second kappa shape index (κ2) is 8.10. The molecule has 0 spiro atoms. The third-order valence-electron chi connectivity index (χ3n) is 4.73. The SMILES string of the molecule is O=C(Cn1nnc(-c2ccccc2)n1)N1CCN(S(=O)(=O)c2ccccc2)CC1. The summed E-state index contributed by atoms with van der Waals surface area (Å²) < 4.78 is 26.8. The van der Waals surface area contributed by atoms with Gasteiger partial charge < -0.3 is 4.90 Å². The molecule has 9 nitrogen and oxygen atoms in total. The number of piperazine rings is 1. The summed E-state index contributed by atoms with van der Waals surface area (Å²) in [4.78, 5) is 15.7. The molecule has 2 aromatic carbocycles. The van der Waals surface area contributed by atoms with Gasteiger partial charge in [-0.25, -0.2) is 8.42 Å². The van der Waals surface area contributed by atoms with Gasteiger partial charge in [0.2, 0.25) is 21.8 Å². The molecule has 4 rings (SSSR count). The zero-order valence-electron chi connectivity index (χ0n) is 15.6. The third kappa shape index (κ3) is 4.17. The number of carbonyl (C=O) groups excluding carboxylic acids is 1. The number of sulfonamides is 1. The number of rotatable bonds is 5. The van der Waals surface area contributed by atoms with Crippen LogP contribution in [0, 0.1) is 0 Å². The fourth-order valence-corrected chi connectivity index (χ4v) is 4.60. The lowest BCUT2D eigenvalue weighted by Crippen LogP contribution is -2.51. The molecule has 3 aromatic rings. The second-order valence-electron chi connectivity index (χ2n) is 6.61. The van der Waals surface area contributed by atoms with Gasteiger partial charge in [-0.1, -0.05) is 48.5 Å². The van der Waals surface area contributed by atoms with Crippen molar-refractivity contribution in [1.82, 2.24) is 29.4 Å². The van der Waals surface area contributed by atoms with Crippen LogP contribution in [0.15, 0.2) is 65.6 Å². The van der Waals surface area contributed by atoms with E-state index in [0.29, 0.717) is 18.9 Å². The highest BCUT2D eigenvalue weighted by molar-refractivity contribution is 7.89. The molecule has 0 aliphatic carbocycles. The molecule has 1 aromatic heterocycles. The van der Waals surface area contributed by atoms with Crippen LogP contribution in [0.1, 0.15) is 0 Å². The third-order valence-corrected chi connectivity index (χ3v) is 6.65. The first kappa shape index (κ1) is 19.2. The van der Waals surface area contributed by atoms with Gasteiger partial charge in [-0.05, 0) is 17.3 Å². The summed E-state index contributed by atoms with van der Waals surface area (Å²) in [6, 6.07) is 17.7. The summed E-state index contributed by atoms with van der Waals surface area (Å²) in [7, 11) is -3.54. The zero-order chi connectivity index (χ0) is 20.3. The lowest BCUT2D eigenvalue weighted by Gasteiger charge is -2.33. The molecule has 1 fully saturated rings. The van der Waals surface area contributed by atoms with Crippen molar-refractivity contribution in [2.45, 2.75) is 11.4 Å². The van der Waals surface area contributed by atoms with Crippen LogP contribution in [-0.2, 0) is 21.4 Å². The van der Waals surface area contributed by atoms with Crippen molar-refractivity contribution in [3.05, 3.63) is 60.7 Å². The van der Waals surface area contributed by atoms with Gasteiger partial charge in [0.05, 0.1) is 4.90 Å². The van der Waals surface area contributed by atoms with E-state index in [1.54, 1.807) is 35.2 Å². The van der Waals surface area contributed by atoms with E-state index in [0.717, 1.165) is 5.56 Å². The van der Waals surface area contributed by atoms with Crippen molar-refractivity contribution in [2.24, 2.45) is 0 Å². The van der Waals surface area contributed by atoms with Gasteiger partial charge >= 0.3 is 0 Å². The number of benzene rings is 2. The number of tetrazole rings is 1. The lowest BCUT2D eigenvalue weighted by atomic mass is 10.2. The van der Waals surface area contributed by atoms with Crippen LogP contribution in [0.2, 0.25) is 0 Å². The fraction of sp³-hybridized carbons (Fsp3) is 0.263. The highest BCUT2D eigenvalue weighted by Crippen LogP contribution is 2.17. The smallest absolute Gasteiger partial charge is 0.246 e. The van der Waals surface area contributed by atoms with Gasteiger partial charge in [-0.15, -0.1) is 10.2 Å². The van der Waals surface area contributed by atoms with Crippen LogP contribution in [0.25, 0.3) is 11.4 Å². The van der Waals surface area contributed by atoms with Crippen molar-refractivity contribution in [3.63, 3.8) is 0 Å².